The number of piperidine rings is 2. The molecule has 0 spiro atoms. The highest BCUT2D eigenvalue weighted by atomic mass is 32.2. The largest absolute Gasteiger partial charge is 0.443 e. The van der Waals surface area contributed by atoms with E-state index in [2.05, 4.69) is 6.92 Å². The van der Waals surface area contributed by atoms with E-state index in [0.717, 1.165) is 89.0 Å². The number of likely N-dealkylation sites (tertiary alicyclic amines) is 1. The Morgan fingerprint density at radius 3 is 2.34 bits per heavy atom. The second kappa shape index (κ2) is 10.2. The van der Waals surface area contributed by atoms with Crippen LogP contribution in [0.5, 0.6) is 0 Å². The molecule has 2 saturated heterocycles. The number of carbonyl (C=O) groups excluding carboxylic acids is 1. The molecule has 0 unspecified atom stereocenters. The van der Waals surface area contributed by atoms with Gasteiger partial charge in [-0.2, -0.15) is 0 Å². The van der Waals surface area contributed by atoms with Crippen LogP contribution in [0.3, 0.4) is 0 Å². The lowest BCUT2D eigenvalue weighted by Crippen LogP contribution is -2.46. The fourth-order valence-electron chi connectivity index (χ4n) is 5.76. The van der Waals surface area contributed by atoms with Crippen molar-refractivity contribution in [3.05, 3.63) is 0 Å². The maximum atomic E-state index is 12.4. The van der Waals surface area contributed by atoms with Gasteiger partial charge in [-0.3, -0.25) is 0 Å². The van der Waals surface area contributed by atoms with Gasteiger partial charge >= 0.3 is 6.09 Å². The average Bonchev–Trinajstić information content (AvgIpc) is 3.55. The van der Waals surface area contributed by atoms with Gasteiger partial charge in [0.1, 0.15) is 5.60 Å². The van der Waals surface area contributed by atoms with Crippen LogP contribution in [0.2, 0.25) is 0 Å². The molecule has 0 aromatic rings. The Labute approximate surface area is 194 Å². The Hall–Kier alpha value is -0.860. The van der Waals surface area contributed by atoms with E-state index < -0.39 is 10.0 Å². The smallest absolute Gasteiger partial charge is 0.410 e. The van der Waals surface area contributed by atoms with Crippen molar-refractivity contribution in [2.24, 2.45) is 23.7 Å². The molecule has 0 N–H and O–H groups in total. The number of hydrogen-bond donors (Lipinski definition) is 0. The van der Waals surface area contributed by atoms with Gasteiger partial charge < -0.3 is 14.4 Å². The van der Waals surface area contributed by atoms with Crippen LogP contribution in [0.15, 0.2) is 0 Å². The van der Waals surface area contributed by atoms with Gasteiger partial charge in [0.15, 0.2) is 0 Å². The van der Waals surface area contributed by atoms with Crippen LogP contribution < -0.4 is 0 Å². The van der Waals surface area contributed by atoms with Gasteiger partial charge in [-0.05, 0) is 95.3 Å². The molecular formula is C24H42N2O5S. The number of hydrogen-bond acceptors (Lipinski definition) is 5. The third-order valence-corrected chi connectivity index (χ3v) is 10.3. The van der Waals surface area contributed by atoms with Crippen LogP contribution >= 0.6 is 0 Å². The summed E-state index contributed by atoms with van der Waals surface area (Å²) >= 11 is 0. The zero-order valence-electron chi connectivity index (χ0n) is 20.0. The molecule has 1 amide bonds. The number of ether oxygens (including phenoxy) is 2. The van der Waals surface area contributed by atoms with E-state index >= 15 is 0 Å². The molecule has 32 heavy (non-hydrogen) atoms. The first-order valence-electron chi connectivity index (χ1n) is 12.8. The average molecular weight is 471 g/mol. The van der Waals surface area contributed by atoms with E-state index in [4.69, 9.17) is 9.47 Å². The predicted octanol–water partition coefficient (Wildman–Crippen LogP) is 3.88. The highest BCUT2D eigenvalue weighted by Crippen LogP contribution is 2.50. The van der Waals surface area contributed by atoms with E-state index in [0.29, 0.717) is 19.0 Å². The molecular weight excluding hydrogens is 428 g/mol. The zero-order chi connectivity index (χ0) is 22.8. The van der Waals surface area contributed by atoms with E-state index in [1.54, 1.807) is 11.2 Å². The number of amides is 1. The maximum Gasteiger partial charge on any atom is 0.410 e. The normalized spacial score (nSPS) is 29.5. The quantitative estimate of drug-likeness (QED) is 0.478. The minimum absolute atomic E-state index is 0.107. The van der Waals surface area contributed by atoms with Crippen molar-refractivity contribution in [1.82, 2.24) is 9.21 Å². The number of carbonyl (C=O) groups is 1. The standard InChI is InChI=1S/C24H42N2O5S/c1-3-32(28,29)26-14-5-19(6-15-26)18-30-16-9-21-17-22(21)20-7-12-25(13-8-20)23(27)31-24(2)10-4-11-24/h19-22H,3-18H2,1-2H3/t21-,22-/m1/s1. The third-order valence-electron chi connectivity index (χ3n) is 8.44. The zero-order valence-corrected chi connectivity index (χ0v) is 20.8. The van der Waals surface area contributed by atoms with E-state index in [1.807, 2.05) is 4.90 Å². The lowest BCUT2D eigenvalue weighted by molar-refractivity contribution is -0.0508. The van der Waals surface area contributed by atoms with Crippen molar-refractivity contribution >= 4 is 16.1 Å². The summed E-state index contributed by atoms with van der Waals surface area (Å²) in [5, 5.41) is 0. The summed E-state index contributed by atoms with van der Waals surface area (Å²) in [4.78, 5) is 14.3. The van der Waals surface area contributed by atoms with E-state index in [1.165, 1.54) is 12.8 Å². The Kier molecular flexibility index (Phi) is 7.72. The van der Waals surface area contributed by atoms with Gasteiger partial charge in [-0.25, -0.2) is 17.5 Å². The molecule has 2 aliphatic heterocycles. The van der Waals surface area contributed by atoms with Gasteiger partial charge in [0.05, 0.1) is 5.75 Å². The van der Waals surface area contributed by atoms with Crippen molar-refractivity contribution in [1.29, 1.82) is 0 Å². The van der Waals surface area contributed by atoms with Crippen molar-refractivity contribution in [2.45, 2.75) is 77.2 Å². The molecule has 0 aromatic carbocycles. The van der Waals surface area contributed by atoms with Crippen molar-refractivity contribution in [3.8, 4) is 0 Å². The summed E-state index contributed by atoms with van der Waals surface area (Å²) in [6, 6.07) is 0. The second-order valence-electron chi connectivity index (χ2n) is 10.8. The molecule has 4 rings (SSSR count). The first kappa shape index (κ1) is 24.3. The van der Waals surface area contributed by atoms with Gasteiger partial charge in [0.2, 0.25) is 10.0 Å². The fraction of sp³-hybridized carbons (Fsp3) is 0.958. The van der Waals surface area contributed by atoms with Crippen molar-refractivity contribution in [3.63, 3.8) is 0 Å². The lowest BCUT2D eigenvalue weighted by Gasteiger charge is -2.40. The first-order chi connectivity index (χ1) is 15.3. The summed E-state index contributed by atoms with van der Waals surface area (Å²) in [6.07, 6.45) is 9.53. The molecule has 0 radical (unpaired) electrons. The molecule has 4 fully saturated rings. The molecule has 7 nitrogen and oxygen atoms in total. The first-order valence-corrected chi connectivity index (χ1v) is 14.4. The highest BCUT2D eigenvalue weighted by Gasteiger charge is 2.44. The van der Waals surface area contributed by atoms with Gasteiger partial charge in [0.25, 0.3) is 0 Å². The van der Waals surface area contributed by atoms with Crippen LogP contribution in [0.1, 0.15) is 71.6 Å². The summed E-state index contributed by atoms with van der Waals surface area (Å²) in [5.74, 6) is 3.01. The molecule has 0 bridgehead atoms. The molecule has 8 heteroatoms. The Balaban J connectivity index is 1.05. The van der Waals surface area contributed by atoms with Crippen LogP contribution in [0, 0.1) is 23.7 Å². The topological polar surface area (TPSA) is 76.2 Å². The molecule has 4 aliphatic rings. The monoisotopic (exact) mass is 470 g/mol. The summed E-state index contributed by atoms with van der Waals surface area (Å²) in [6.45, 7) is 8.30. The van der Waals surface area contributed by atoms with Crippen LogP contribution in [0.25, 0.3) is 0 Å². The number of rotatable bonds is 9. The third kappa shape index (κ3) is 5.98. The summed E-state index contributed by atoms with van der Waals surface area (Å²) in [5.41, 5.74) is -0.209. The lowest BCUT2D eigenvalue weighted by atomic mass is 9.82. The molecule has 184 valence electrons. The summed E-state index contributed by atoms with van der Waals surface area (Å²) in [7, 11) is -3.04. The molecule has 2 aliphatic carbocycles. The maximum absolute atomic E-state index is 12.4. The Morgan fingerprint density at radius 1 is 1.06 bits per heavy atom. The van der Waals surface area contributed by atoms with Crippen molar-refractivity contribution < 1.29 is 22.7 Å². The Bertz CT molecular complexity index is 737. The number of sulfonamides is 1. The SMILES string of the molecule is CCS(=O)(=O)N1CCC(COCC[C@@H]2C[C@@H]2C2CCN(C(=O)OC3(C)CCC3)CC2)CC1. The predicted molar refractivity (Wildman–Crippen MR) is 124 cm³/mol. The van der Waals surface area contributed by atoms with Crippen LogP contribution in [0.4, 0.5) is 4.79 Å². The van der Waals surface area contributed by atoms with Gasteiger partial charge in [-0.1, -0.05) is 0 Å². The van der Waals surface area contributed by atoms with Crippen LogP contribution in [-0.2, 0) is 19.5 Å². The van der Waals surface area contributed by atoms with Crippen molar-refractivity contribution in [2.75, 3.05) is 45.1 Å². The minimum atomic E-state index is -3.04. The Morgan fingerprint density at radius 2 is 1.75 bits per heavy atom. The second-order valence-corrected chi connectivity index (χ2v) is 13.0. The van der Waals surface area contributed by atoms with Gasteiger partial charge in [-0.15, -0.1) is 0 Å². The fourth-order valence-corrected chi connectivity index (χ4v) is 6.90. The number of nitrogens with zero attached hydrogens (tertiary/aromatic N) is 2. The highest BCUT2D eigenvalue weighted by molar-refractivity contribution is 7.89. The molecule has 2 heterocycles. The van der Waals surface area contributed by atoms with E-state index in [9.17, 15) is 13.2 Å². The minimum Gasteiger partial charge on any atom is -0.443 e. The summed E-state index contributed by atoms with van der Waals surface area (Å²) < 4.78 is 37.3. The van der Waals surface area contributed by atoms with Gasteiger partial charge in [0, 0.05) is 39.4 Å². The molecule has 0 aromatic heterocycles. The van der Waals surface area contributed by atoms with E-state index in [-0.39, 0.29) is 17.4 Å². The molecule has 2 atom stereocenters. The molecule has 2 saturated carbocycles. The van der Waals surface area contributed by atoms with Crippen LogP contribution in [-0.4, -0.2) is 74.5 Å².